The smallest absolute Gasteiger partial charge is 0.0210 e. The van der Waals surface area contributed by atoms with Crippen LogP contribution in [-0.2, 0) is 0 Å². The molecule has 0 atom stereocenters. The van der Waals surface area contributed by atoms with Gasteiger partial charge in [-0.3, -0.25) is 11.3 Å². The van der Waals surface area contributed by atoms with Crippen molar-refractivity contribution in [2.75, 3.05) is 6.54 Å². The number of hydrazine groups is 1. The van der Waals surface area contributed by atoms with Crippen LogP contribution < -0.4 is 17.0 Å². The first kappa shape index (κ1) is 7.98. The SMILES string of the molecule is NCC1CCC(NN)CC1. The molecule has 0 radical (unpaired) electrons. The second kappa shape index (κ2) is 3.91. The van der Waals surface area contributed by atoms with Crippen LogP contribution in [0.3, 0.4) is 0 Å². The second-order valence-electron chi connectivity index (χ2n) is 3.12. The molecule has 1 aliphatic carbocycles. The fourth-order valence-electron chi connectivity index (χ4n) is 1.56. The normalized spacial score (nSPS) is 34.2. The van der Waals surface area contributed by atoms with Crippen molar-refractivity contribution < 1.29 is 0 Å². The third kappa shape index (κ3) is 1.94. The van der Waals surface area contributed by atoms with Crippen LogP contribution in [0.5, 0.6) is 0 Å². The molecule has 0 aromatic carbocycles. The quantitative estimate of drug-likeness (QED) is 0.375. The zero-order valence-corrected chi connectivity index (χ0v) is 6.34. The average molecular weight is 143 g/mol. The van der Waals surface area contributed by atoms with Crippen molar-refractivity contribution in [1.29, 1.82) is 0 Å². The molecule has 0 aromatic rings. The summed E-state index contributed by atoms with van der Waals surface area (Å²) in [4.78, 5) is 0. The molecular formula is C7H17N3. The van der Waals surface area contributed by atoms with E-state index >= 15 is 0 Å². The Morgan fingerprint density at radius 1 is 1.20 bits per heavy atom. The molecule has 0 bridgehead atoms. The lowest BCUT2D eigenvalue weighted by molar-refractivity contribution is 0.299. The van der Waals surface area contributed by atoms with E-state index in [-0.39, 0.29) is 0 Å². The van der Waals surface area contributed by atoms with E-state index in [4.69, 9.17) is 11.6 Å². The molecule has 1 fully saturated rings. The molecule has 3 heteroatoms. The lowest BCUT2D eigenvalue weighted by Crippen LogP contribution is -2.38. The largest absolute Gasteiger partial charge is 0.330 e. The molecule has 0 amide bonds. The van der Waals surface area contributed by atoms with E-state index in [2.05, 4.69) is 5.43 Å². The van der Waals surface area contributed by atoms with Crippen molar-refractivity contribution in [3.63, 3.8) is 0 Å². The summed E-state index contributed by atoms with van der Waals surface area (Å²) in [5.41, 5.74) is 8.35. The van der Waals surface area contributed by atoms with Crippen LogP contribution >= 0.6 is 0 Å². The van der Waals surface area contributed by atoms with Gasteiger partial charge in [0.15, 0.2) is 0 Å². The van der Waals surface area contributed by atoms with Gasteiger partial charge < -0.3 is 5.73 Å². The fraction of sp³-hybridized carbons (Fsp3) is 1.00. The van der Waals surface area contributed by atoms with Gasteiger partial charge in [-0.15, -0.1) is 0 Å². The third-order valence-corrected chi connectivity index (χ3v) is 2.42. The van der Waals surface area contributed by atoms with E-state index in [1.54, 1.807) is 0 Å². The number of hydrogen-bond acceptors (Lipinski definition) is 3. The van der Waals surface area contributed by atoms with Gasteiger partial charge in [0, 0.05) is 6.04 Å². The maximum atomic E-state index is 5.54. The molecule has 10 heavy (non-hydrogen) atoms. The minimum Gasteiger partial charge on any atom is -0.330 e. The van der Waals surface area contributed by atoms with Crippen LogP contribution in [0.1, 0.15) is 25.7 Å². The molecule has 0 heterocycles. The lowest BCUT2D eigenvalue weighted by atomic mass is 9.86. The highest BCUT2D eigenvalue weighted by Crippen LogP contribution is 2.22. The van der Waals surface area contributed by atoms with Gasteiger partial charge in [0.05, 0.1) is 0 Å². The Morgan fingerprint density at radius 3 is 2.20 bits per heavy atom. The number of rotatable bonds is 2. The first-order valence-electron chi connectivity index (χ1n) is 4.03. The number of nitrogens with two attached hydrogens (primary N) is 2. The summed E-state index contributed by atoms with van der Waals surface area (Å²) in [5.74, 6) is 6.06. The maximum Gasteiger partial charge on any atom is 0.0210 e. The number of nitrogens with one attached hydrogen (secondary N) is 1. The molecule has 0 spiro atoms. The Kier molecular flexibility index (Phi) is 3.12. The summed E-state index contributed by atoms with van der Waals surface area (Å²) in [6, 6.07) is 0.544. The molecule has 0 aliphatic heterocycles. The van der Waals surface area contributed by atoms with Crippen LogP contribution in [0, 0.1) is 5.92 Å². The Morgan fingerprint density at radius 2 is 1.80 bits per heavy atom. The van der Waals surface area contributed by atoms with Crippen LogP contribution in [0.4, 0.5) is 0 Å². The molecule has 1 rings (SSSR count). The molecular weight excluding hydrogens is 126 g/mol. The van der Waals surface area contributed by atoms with E-state index in [1.807, 2.05) is 0 Å². The van der Waals surface area contributed by atoms with Crippen LogP contribution in [0.2, 0.25) is 0 Å². The van der Waals surface area contributed by atoms with E-state index in [0.717, 1.165) is 12.5 Å². The van der Waals surface area contributed by atoms with Crippen LogP contribution in [-0.4, -0.2) is 12.6 Å². The minimum atomic E-state index is 0.544. The predicted molar refractivity (Wildman–Crippen MR) is 42.1 cm³/mol. The monoisotopic (exact) mass is 143 g/mol. The molecule has 1 saturated carbocycles. The van der Waals surface area contributed by atoms with Gasteiger partial charge in [-0.05, 0) is 38.1 Å². The number of hydrogen-bond donors (Lipinski definition) is 3. The van der Waals surface area contributed by atoms with Crippen LogP contribution in [0.15, 0.2) is 0 Å². The van der Waals surface area contributed by atoms with Gasteiger partial charge in [-0.25, -0.2) is 0 Å². The van der Waals surface area contributed by atoms with Gasteiger partial charge in [-0.1, -0.05) is 0 Å². The average Bonchev–Trinajstić information content (AvgIpc) is 2.05. The van der Waals surface area contributed by atoms with Crippen molar-refractivity contribution >= 4 is 0 Å². The Hall–Kier alpha value is -0.120. The van der Waals surface area contributed by atoms with Gasteiger partial charge in [0.25, 0.3) is 0 Å². The Bertz CT molecular complexity index is 74.9. The van der Waals surface area contributed by atoms with Gasteiger partial charge in [-0.2, -0.15) is 0 Å². The zero-order valence-electron chi connectivity index (χ0n) is 6.34. The van der Waals surface area contributed by atoms with Gasteiger partial charge >= 0.3 is 0 Å². The first-order valence-corrected chi connectivity index (χ1v) is 4.03. The predicted octanol–water partition coefficient (Wildman–Crippen LogP) is -0.0328. The van der Waals surface area contributed by atoms with Crippen molar-refractivity contribution in [2.24, 2.45) is 17.5 Å². The van der Waals surface area contributed by atoms with Gasteiger partial charge in [0.2, 0.25) is 0 Å². The highest BCUT2D eigenvalue weighted by Gasteiger charge is 2.18. The van der Waals surface area contributed by atoms with E-state index in [9.17, 15) is 0 Å². The Labute approximate surface area is 62.1 Å². The summed E-state index contributed by atoms with van der Waals surface area (Å²) < 4.78 is 0. The highest BCUT2D eigenvalue weighted by molar-refractivity contribution is 4.75. The maximum absolute atomic E-state index is 5.54. The molecule has 3 nitrogen and oxygen atoms in total. The molecule has 60 valence electrons. The van der Waals surface area contributed by atoms with Crippen molar-refractivity contribution in [1.82, 2.24) is 5.43 Å². The standard InChI is InChI=1S/C7H17N3/c8-5-6-1-3-7(10-9)4-2-6/h6-7,10H,1-5,8-9H2. The topological polar surface area (TPSA) is 64.1 Å². The van der Waals surface area contributed by atoms with Crippen molar-refractivity contribution in [3.8, 4) is 0 Å². The molecule has 0 unspecified atom stereocenters. The molecule has 5 N–H and O–H groups in total. The summed E-state index contributed by atoms with van der Waals surface area (Å²) in [7, 11) is 0. The lowest BCUT2D eigenvalue weighted by Gasteiger charge is -2.26. The summed E-state index contributed by atoms with van der Waals surface area (Å²) >= 11 is 0. The first-order chi connectivity index (χ1) is 4.86. The zero-order chi connectivity index (χ0) is 7.40. The van der Waals surface area contributed by atoms with Crippen LogP contribution in [0.25, 0.3) is 0 Å². The minimum absolute atomic E-state index is 0.544. The summed E-state index contributed by atoms with van der Waals surface area (Å²) in [6.07, 6.45) is 4.87. The summed E-state index contributed by atoms with van der Waals surface area (Å²) in [5, 5.41) is 0. The summed E-state index contributed by atoms with van der Waals surface area (Å²) in [6.45, 7) is 0.845. The van der Waals surface area contributed by atoms with Gasteiger partial charge in [0.1, 0.15) is 0 Å². The molecule has 0 saturated heterocycles. The third-order valence-electron chi connectivity index (χ3n) is 2.42. The van der Waals surface area contributed by atoms with E-state index in [0.29, 0.717) is 6.04 Å². The Balaban J connectivity index is 2.17. The molecule has 1 aliphatic rings. The van der Waals surface area contributed by atoms with E-state index < -0.39 is 0 Å². The van der Waals surface area contributed by atoms with Crippen molar-refractivity contribution in [2.45, 2.75) is 31.7 Å². The fourth-order valence-corrected chi connectivity index (χ4v) is 1.56. The second-order valence-corrected chi connectivity index (χ2v) is 3.12. The van der Waals surface area contributed by atoms with E-state index in [1.165, 1.54) is 25.7 Å². The highest BCUT2D eigenvalue weighted by atomic mass is 15.2. The molecule has 0 aromatic heterocycles. The van der Waals surface area contributed by atoms with Crippen molar-refractivity contribution in [3.05, 3.63) is 0 Å².